The second kappa shape index (κ2) is 5.83. The first-order valence-corrected chi connectivity index (χ1v) is 5.80. The lowest BCUT2D eigenvalue weighted by molar-refractivity contribution is -0.385. The molecule has 0 spiro atoms. The molecule has 0 fully saturated rings. The smallest absolute Gasteiger partial charge is 0.310 e. The molecule has 1 N–H and O–H groups in total. The zero-order valence-corrected chi connectivity index (χ0v) is 10.7. The SMILES string of the molecule is COc1cc(C(=O)Nc2ccccc2)ccc1[N+](=O)[O-]. The van der Waals surface area contributed by atoms with E-state index in [1.54, 1.807) is 24.3 Å². The second-order valence-corrected chi connectivity index (χ2v) is 3.96. The van der Waals surface area contributed by atoms with Crippen LogP contribution in [0.4, 0.5) is 11.4 Å². The van der Waals surface area contributed by atoms with Crippen LogP contribution >= 0.6 is 0 Å². The van der Waals surface area contributed by atoms with Gasteiger partial charge >= 0.3 is 5.69 Å². The van der Waals surface area contributed by atoms with Gasteiger partial charge in [0, 0.05) is 23.4 Å². The van der Waals surface area contributed by atoms with Crippen LogP contribution < -0.4 is 10.1 Å². The van der Waals surface area contributed by atoms with E-state index in [2.05, 4.69) is 5.32 Å². The molecule has 0 atom stereocenters. The Morgan fingerprint density at radius 2 is 1.90 bits per heavy atom. The molecule has 6 heteroatoms. The number of nitro groups is 1. The van der Waals surface area contributed by atoms with Crippen molar-refractivity contribution in [1.29, 1.82) is 0 Å². The lowest BCUT2D eigenvalue weighted by Gasteiger charge is -2.07. The van der Waals surface area contributed by atoms with E-state index in [-0.39, 0.29) is 22.9 Å². The van der Waals surface area contributed by atoms with Crippen molar-refractivity contribution < 1.29 is 14.5 Å². The van der Waals surface area contributed by atoms with Crippen LogP contribution in [0, 0.1) is 10.1 Å². The minimum absolute atomic E-state index is 0.0516. The van der Waals surface area contributed by atoms with E-state index in [9.17, 15) is 14.9 Å². The standard InChI is InChI=1S/C14H12N2O4/c1-20-13-9-10(7-8-12(13)16(18)19)14(17)15-11-5-3-2-4-6-11/h2-9H,1H3,(H,15,17). The number of anilines is 1. The Bertz CT molecular complexity index is 641. The number of methoxy groups -OCH3 is 1. The molecule has 0 aliphatic rings. The number of nitrogens with one attached hydrogen (secondary N) is 1. The van der Waals surface area contributed by atoms with Crippen LogP contribution in [0.1, 0.15) is 10.4 Å². The van der Waals surface area contributed by atoms with Crippen molar-refractivity contribution in [3.05, 3.63) is 64.2 Å². The van der Waals surface area contributed by atoms with E-state index in [1.165, 1.54) is 25.3 Å². The Morgan fingerprint density at radius 3 is 2.50 bits per heavy atom. The van der Waals surface area contributed by atoms with E-state index < -0.39 is 4.92 Å². The minimum atomic E-state index is -0.558. The van der Waals surface area contributed by atoms with Gasteiger partial charge in [0.05, 0.1) is 12.0 Å². The first-order valence-electron chi connectivity index (χ1n) is 5.80. The Balaban J connectivity index is 2.25. The molecule has 2 aromatic carbocycles. The van der Waals surface area contributed by atoms with Gasteiger partial charge in [-0.15, -0.1) is 0 Å². The predicted octanol–water partition coefficient (Wildman–Crippen LogP) is 2.86. The van der Waals surface area contributed by atoms with Gasteiger partial charge in [0.2, 0.25) is 0 Å². The molecule has 0 heterocycles. The number of nitrogens with zero attached hydrogens (tertiary/aromatic N) is 1. The summed E-state index contributed by atoms with van der Waals surface area (Å²) in [5.41, 5.74) is 0.759. The van der Waals surface area contributed by atoms with Gasteiger partial charge in [-0.3, -0.25) is 14.9 Å². The molecular weight excluding hydrogens is 260 g/mol. The fraction of sp³-hybridized carbons (Fsp3) is 0.0714. The molecule has 0 saturated carbocycles. The highest BCUT2D eigenvalue weighted by Gasteiger charge is 2.17. The molecule has 0 radical (unpaired) electrons. The molecule has 2 aromatic rings. The second-order valence-electron chi connectivity index (χ2n) is 3.96. The van der Waals surface area contributed by atoms with Crippen molar-refractivity contribution in [2.24, 2.45) is 0 Å². The number of rotatable bonds is 4. The van der Waals surface area contributed by atoms with Crippen molar-refractivity contribution in [1.82, 2.24) is 0 Å². The highest BCUT2D eigenvalue weighted by molar-refractivity contribution is 6.04. The summed E-state index contributed by atoms with van der Waals surface area (Å²) in [7, 11) is 1.32. The van der Waals surface area contributed by atoms with Crippen LogP contribution in [0.5, 0.6) is 5.75 Å². The minimum Gasteiger partial charge on any atom is -0.490 e. The fourth-order valence-corrected chi connectivity index (χ4v) is 1.69. The van der Waals surface area contributed by atoms with Crippen LogP contribution in [0.25, 0.3) is 0 Å². The number of para-hydroxylation sites is 1. The first kappa shape index (κ1) is 13.5. The summed E-state index contributed by atoms with van der Waals surface area (Å²) >= 11 is 0. The average molecular weight is 272 g/mol. The number of nitro benzene ring substituents is 1. The van der Waals surface area contributed by atoms with Gasteiger partial charge < -0.3 is 10.1 Å². The van der Waals surface area contributed by atoms with Crippen LogP contribution in [0.15, 0.2) is 48.5 Å². The van der Waals surface area contributed by atoms with Crippen LogP contribution in [0.2, 0.25) is 0 Å². The monoisotopic (exact) mass is 272 g/mol. The van der Waals surface area contributed by atoms with Crippen molar-refractivity contribution in [2.75, 3.05) is 12.4 Å². The Kier molecular flexibility index (Phi) is 3.95. The zero-order valence-electron chi connectivity index (χ0n) is 10.7. The summed E-state index contributed by atoms with van der Waals surface area (Å²) in [6.45, 7) is 0. The predicted molar refractivity (Wildman–Crippen MR) is 74.0 cm³/mol. The molecular formula is C14H12N2O4. The number of ether oxygens (including phenoxy) is 1. The zero-order chi connectivity index (χ0) is 14.5. The van der Waals surface area contributed by atoms with Crippen LogP contribution in [-0.2, 0) is 0 Å². The molecule has 102 valence electrons. The maximum atomic E-state index is 12.0. The molecule has 0 aromatic heterocycles. The lowest BCUT2D eigenvalue weighted by Crippen LogP contribution is -2.12. The third kappa shape index (κ3) is 2.92. The van der Waals surface area contributed by atoms with Gasteiger partial charge in [-0.05, 0) is 18.2 Å². The summed E-state index contributed by atoms with van der Waals surface area (Å²) in [6.07, 6.45) is 0. The van der Waals surface area contributed by atoms with Crippen molar-refractivity contribution in [3.8, 4) is 5.75 Å². The van der Waals surface area contributed by atoms with Crippen LogP contribution in [-0.4, -0.2) is 17.9 Å². The van der Waals surface area contributed by atoms with Crippen molar-refractivity contribution in [3.63, 3.8) is 0 Å². The Labute approximate surface area is 115 Å². The van der Waals surface area contributed by atoms with Crippen molar-refractivity contribution >= 4 is 17.3 Å². The summed E-state index contributed by atoms with van der Waals surface area (Å²) in [6, 6.07) is 12.9. The van der Waals surface area contributed by atoms with Gasteiger partial charge in [0.25, 0.3) is 5.91 Å². The van der Waals surface area contributed by atoms with Crippen molar-refractivity contribution in [2.45, 2.75) is 0 Å². The summed E-state index contributed by atoms with van der Waals surface area (Å²) in [5.74, 6) is -0.305. The summed E-state index contributed by atoms with van der Waals surface area (Å²) < 4.78 is 4.93. The van der Waals surface area contributed by atoms with E-state index in [0.717, 1.165) is 0 Å². The molecule has 0 aliphatic carbocycles. The molecule has 20 heavy (non-hydrogen) atoms. The first-order chi connectivity index (χ1) is 9.61. The summed E-state index contributed by atoms with van der Waals surface area (Å²) in [4.78, 5) is 22.2. The largest absolute Gasteiger partial charge is 0.490 e. The molecule has 0 unspecified atom stereocenters. The molecule has 2 rings (SSSR count). The third-order valence-electron chi connectivity index (χ3n) is 2.67. The number of hydrogen-bond donors (Lipinski definition) is 1. The van der Waals surface area contributed by atoms with E-state index in [0.29, 0.717) is 5.69 Å². The fourth-order valence-electron chi connectivity index (χ4n) is 1.69. The lowest BCUT2D eigenvalue weighted by atomic mass is 10.1. The third-order valence-corrected chi connectivity index (χ3v) is 2.67. The van der Waals surface area contributed by atoms with Gasteiger partial charge in [-0.1, -0.05) is 18.2 Å². The molecule has 6 nitrogen and oxygen atoms in total. The Hall–Kier alpha value is -2.89. The highest BCUT2D eigenvalue weighted by Crippen LogP contribution is 2.27. The van der Waals surface area contributed by atoms with E-state index in [4.69, 9.17) is 4.74 Å². The maximum absolute atomic E-state index is 12.0. The van der Waals surface area contributed by atoms with Gasteiger partial charge in [0.15, 0.2) is 5.75 Å². The normalized spacial score (nSPS) is 9.85. The summed E-state index contributed by atoms with van der Waals surface area (Å²) in [5, 5.41) is 13.5. The highest BCUT2D eigenvalue weighted by atomic mass is 16.6. The van der Waals surface area contributed by atoms with E-state index in [1.807, 2.05) is 6.07 Å². The van der Waals surface area contributed by atoms with Gasteiger partial charge in [-0.25, -0.2) is 0 Å². The number of benzene rings is 2. The van der Waals surface area contributed by atoms with Gasteiger partial charge in [0.1, 0.15) is 0 Å². The van der Waals surface area contributed by atoms with Crippen LogP contribution in [0.3, 0.4) is 0 Å². The number of amides is 1. The topological polar surface area (TPSA) is 81.5 Å². The number of carbonyl (C=O) groups excluding carboxylic acids is 1. The average Bonchev–Trinajstić information content (AvgIpc) is 2.47. The molecule has 1 amide bonds. The van der Waals surface area contributed by atoms with E-state index >= 15 is 0 Å². The molecule has 0 saturated heterocycles. The number of carbonyl (C=O) groups is 1. The van der Waals surface area contributed by atoms with Gasteiger partial charge in [-0.2, -0.15) is 0 Å². The Morgan fingerprint density at radius 1 is 1.20 bits per heavy atom. The maximum Gasteiger partial charge on any atom is 0.310 e. The number of hydrogen-bond acceptors (Lipinski definition) is 4. The molecule has 0 bridgehead atoms. The molecule has 0 aliphatic heterocycles. The quantitative estimate of drug-likeness (QED) is 0.685.